The first-order valence-corrected chi connectivity index (χ1v) is 13.1. The molecule has 2 aliphatic rings. The molecule has 158 valence electrons. The van der Waals surface area contributed by atoms with Crippen LogP contribution in [0.3, 0.4) is 0 Å². The van der Waals surface area contributed by atoms with Crippen LogP contribution in [0.25, 0.3) is 6.08 Å². The third-order valence-corrected chi connectivity index (χ3v) is 9.26. The number of sulfonamides is 1. The number of piperidine rings is 1. The fourth-order valence-corrected chi connectivity index (χ4v) is 6.87. The van der Waals surface area contributed by atoms with Crippen LogP contribution in [-0.2, 0) is 10.0 Å². The lowest BCUT2D eigenvalue weighted by Crippen LogP contribution is -2.53. The lowest BCUT2D eigenvalue weighted by Gasteiger charge is -2.43. The summed E-state index contributed by atoms with van der Waals surface area (Å²) in [7, 11) is -3.49. The van der Waals surface area contributed by atoms with Crippen LogP contribution < -0.4 is 0 Å². The molecule has 2 aromatic carbocycles. The summed E-state index contributed by atoms with van der Waals surface area (Å²) in [6.07, 6.45) is 2.91. The summed E-state index contributed by atoms with van der Waals surface area (Å²) < 4.78 is 28.0. The second-order valence-electron chi connectivity index (χ2n) is 7.42. The normalized spacial score (nSPS) is 19.6. The summed E-state index contributed by atoms with van der Waals surface area (Å²) >= 11 is 5.18. The number of amides is 1. The number of carbonyl (C=O) groups excluding carboxylic acids is 1. The molecule has 30 heavy (non-hydrogen) atoms. The monoisotopic (exact) mass is 506 g/mol. The molecule has 0 aromatic heterocycles. The van der Waals surface area contributed by atoms with E-state index in [0.717, 1.165) is 15.8 Å². The Morgan fingerprint density at radius 2 is 1.67 bits per heavy atom. The van der Waals surface area contributed by atoms with E-state index in [1.165, 1.54) is 9.71 Å². The molecule has 0 radical (unpaired) electrons. The van der Waals surface area contributed by atoms with Gasteiger partial charge in [-0.1, -0.05) is 46.3 Å². The Labute approximate surface area is 190 Å². The lowest BCUT2D eigenvalue weighted by atomic mass is 10.0. The molecule has 0 unspecified atom stereocenters. The van der Waals surface area contributed by atoms with Crippen molar-refractivity contribution in [1.82, 2.24) is 9.21 Å². The molecular formula is C22H23BrN2O3S2. The molecule has 4 rings (SSSR count). The summed E-state index contributed by atoms with van der Waals surface area (Å²) in [5.41, 5.74) is 1.52. The molecule has 1 spiro atoms. The fourth-order valence-electron chi connectivity index (χ4n) is 3.96. The Bertz CT molecular complexity index is 1030. The number of hydrogen-bond donors (Lipinski definition) is 0. The van der Waals surface area contributed by atoms with E-state index in [1.54, 1.807) is 17.8 Å². The summed E-state index contributed by atoms with van der Waals surface area (Å²) in [5.74, 6) is 0.899. The van der Waals surface area contributed by atoms with Gasteiger partial charge < -0.3 is 4.90 Å². The Balaban J connectivity index is 1.45. The minimum Gasteiger partial charge on any atom is -0.323 e. The van der Waals surface area contributed by atoms with Gasteiger partial charge in [0.25, 0.3) is 5.91 Å². The molecule has 0 atom stereocenters. The van der Waals surface area contributed by atoms with E-state index in [9.17, 15) is 13.2 Å². The fraction of sp³-hybridized carbons (Fsp3) is 0.318. The summed E-state index contributed by atoms with van der Waals surface area (Å²) in [6.45, 7) is 1.53. The van der Waals surface area contributed by atoms with Gasteiger partial charge in [0.2, 0.25) is 10.0 Å². The molecule has 5 nitrogen and oxygen atoms in total. The van der Waals surface area contributed by atoms with Crippen molar-refractivity contribution in [2.24, 2.45) is 0 Å². The van der Waals surface area contributed by atoms with E-state index in [-0.39, 0.29) is 10.8 Å². The summed E-state index contributed by atoms with van der Waals surface area (Å²) in [4.78, 5) is 14.8. The van der Waals surface area contributed by atoms with Crippen molar-refractivity contribution < 1.29 is 13.2 Å². The van der Waals surface area contributed by atoms with Gasteiger partial charge in [0.15, 0.2) is 0 Å². The molecule has 0 bridgehead atoms. The molecule has 2 fully saturated rings. The second-order valence-corrected chi connectivity index (χ2v) is 11.6. The third-order valence-electron chi connectivity index (χ3n) is 5.61. The molecule has 2 saturated heterocycles. The van der Waals surface area contributed by atoms with Crippen molar-refractivity contribution >= 4 is 49.7 Å². The minimum atomic E-state index is -3.49. The maximum atomic E-state index is 13.1. The first-order valence-electron chi connectivity index (χ1n) is 9.84. The highest BCUT2D eigenvalue weighted by atomic mass is 79.9. The highest BCUT2D eigenvalue weighted by molar-refractivity contribution is 9.10. The maximum Gasteiger partial charge on any atom is 0.254 e. The number of hydrogen-bond acceptors (Lipinski definition) is 4. The average molecular weight is 507 g/mol. The van der Waals surface area contributed by atoms with Gasteiger partial charge in [0.05, 0.1) is 4.87 Å². The number of nitrogens with zero attached hydrogens (tertiary/aromatic N) is 2. The van der Waals surface area contributed by atoms with Crippen molar-refractivity contribution in [3.8, 4) is 0 Å². The van der Waals surface area contributed by atoms with Gasteiger partial charge >= 0.3 is 0 Å². The second kappa shape index (κ2) is 8.86. The van der Waals surface area contributed by atoms with Crippen LogP contribution in [0, 0.1) is 0 Å². The standard InChI is InChI=1S/C22H23BrN2O3S2/c23-20-8-6-19(7-9-20)21(26)25-15-16-29-22(25)11-13-24(14-12-22)30(27,28)17-10-18-4-2-1-3-5-18/h1-10,17H,11-16H2. The quantitative estimate of drug-likeness (QED) is 0.615. The van der Waals surface area contributed by atoms with E-state index >= 15 is 0 Å². The Morgan fingerprint density at radius 1 is 1.00 bits per heavy atom. The van der Waals surface area contributed by atoms with Crippen LogP contribution in [0.5, 0.6) is 0 Å². The van der Waals surface area contributed by atoms with Gasteiger partial charge in [-0.25, -0.2) is 8.42 Å². The van der Waals surface area contributed by atoms with E-state index < -0.39 is 10.0 Å². The van der Waals surface area contributed by atoms with Crippen LogP contribution in [0.1, 0.15) is 28.8 Å². The third kappa shape index (κ3) is 4.51. The van der Waals surface area contributed by atoms with Crippen molar-refractivity contribution in [3.05, 3.63) is 75.6 Å². The van der Waals surface area contributed by atoms with Crippen molar-refractivity contribution in [2.45, 2.75) is 17.7 Å². The highest BCUT2D eigenvalue weighted by Gasteiger charge is 2.47. The van der Waals surface area contributed by atoms with Crippen LogP contribution >= 0.6 is 27.7 Å². The number of rotatable bonds is 4. The minimum absolute atomic E-state index is 0.0211. The van der Waals surface area contributed by atoms with E-state index in [4.69, 9.17) is 0 Å². The molecule has 8 heteroatoms. The molecule has 2 heterocycles. The SMILES string of the molecule is O=C(c1ccc(Br)cc1)N1CCSC12CCN(S(=O)(=O)C=Cc1ccccc1)CC2. The largest absolute Gasteiger partial charge is 0.323 e. The van der Waals surface area contributed by atoms with Crippen LogP contribution in [0.4, 0.5) is 0 Å². The number of thioether (sulfide) groups is 1. The Morgan fingerprint density at radius 3 is 2.33 bits per heavy atom. The molecule has 2 aliphatic heterocycles. The van der Waals surface area contributed by atoms with E-state index in [2.05, 4.69) is 15.9 Å². The van der Waals surface area contributed by atoms with E-state index in [1.807, 2.05) is 59.5 Å². The predicted octanol–water partition coefficient (Wildman–Crippen LogP) is 4.43. The summed E-state index contributed by atoms with van der Waals surface area (Å²) in [6, 6.07) is 16.8. The number of benzene rings is 2. The van der Waals surface area contributed by atoms with Crippen LogP contribution in [0.2, 0.25) is 0 Å². The van der Waals surface area contributed by atoms with Crippen LogP contribution in [-0.4, -0.2) is 53.8 Å². The zero-order valence-electron chi connectivity index (χ0n) is 16.4. The zero-order chi connectivity index (χ0) is 21.2. The Hall–Kier alpha value is -1.61. The maximum absolute atomic E-state index is 13.1. The van der Waals surface area contributed by atoms with E-state index in [0.29, 0.717) is 38.0 Å². The molecule has 0 saturated carbocycles. The zero-order valence-corrected chi connectivity index (χ0v) is 19.6. The molecule has 1 amide bonds. The molecule has 0 N–H and O–H groups in total. The first-order chi connectivity index (χ1) is 14.4. The predicted molar refractivity (Wildman–Crippen MR) is 126 cm³/mol. The Kier molecular flexibility index (Phi) is 6.39. The van der Waals surface area contributed by atoms with Gasteiger partial charge in [-0.2, -0.15) is 4.31 Å². The van der Waals surface area contributed by atoms with Gasteiger partial charge in [0.1, 0.15) is 0 Å². The topological polar surface area (TPSA) is 57.7 Å². The van der Waals surface area contributed by atoms with Crippen molar-refractivity contribution in [3.63, 3.8) is 0 Å². The van der Waals surface area contributed by atoms with Crippen molar-refractivity contribution in [1.29, 1.82) is 0 Å². The van der Waals surface area contributed by atoms with Gasteiger partial charge in [-0.05, 0) is 48.7 Å². The average Bonchev–Trinajstić information content (AvgIpc) is 3.16. The molecular weight excluding hydrogens is 484 g/mol. The number of carbonyl (C=O) groups is 1. The molecule has 2 aromatic rings. The smallest absolute Gasteiger partial charge is 0.254 e. The van der Waals surface area contributed by atoms with Gasteiger partial charge in [-0.3, -0.25) is 4.79 Å². The van der Waals surface area contributed by atoms with Gasteiger partial charge in [-0.15, -0.1) is 11.8 Å². The lowest BCUT2D eigenvalue weighted by molar-refractivity contribution is 0.0606. The van der Waals surface area contributed by atoms with Crippen LogP contribution in [0.15, 0.2) is 64.5 Å². The molecule has 0 aliphatic carbocycles. The van der Waals surface area contributed by atoms with Crippen molar-refractivity contribution in [2.75, 3.05) is 25.4 Å². The summed E-state index contributed by atoms with van der Waals surface area (Å²) in [5, 5.41) is 1.28. The first kappa shape index (κ1) is 21.6. The number of halogens is 1. The van der Waals surface area contributed by atoms with Gasteiger partial charge in [0, 0.05) is 40.8 Å². The highest BCUT2D eigenvalue weighted by Crippen LogP contribution is 2.45.